The van der Waals surface area contributed by atoms with Gasteiger partial charge in [0, 0.05) is 19.5 Å². The maximum atomic E-state index is 13.0. The highest BCUT2D eigenvalue weighted by Gasteiger charge is 2.45. The predicted molar refractivity (Wildman–Crippen MR) is 144 cm³/mol. The van der Waals surface area contributed by atoms with Crippen molar-refractivity contribution in [2.75, 3.05) is 14.2 Å². The van der Waals surface area contributed by atoms with Crippen LogP contribution in [0, 0.1) is 11.3 Å². The van der Waals surface area contributed by atoms with Crippen molar-refractivity contribution in [1.82, 2.24) is 15.1 Å². The number of halogens is 6. The Labute approximate surface area is 252 Å². The Bertz CT molecular complexity index is 1460. The van der Waals surface area contributed by atoms with Gasteiger partial charge in [0.05, 0.1) is 16.1 Å². The number of aromatic hydroxyl groups is 1. The lowest BCUT2D eigenvalue weighted by Gasteiger charge is -2.27. The van der Waals surface area contributed by atoms with E-state index in [4.69, 9.17) is 21.1 Å². The van der Waals surface area contributed by atoms with E-state index in [-0.39, 0.29) is 45.2 Å². The number of likely N-dealkylation sites (N-methyl/N-ethyl adjacent to an activating group) is 1. The summed E-state index contributed by atoms with van der Waals surface area (Å²) >= 11 is 12.4. The molecule has 0 fully saturated rings. The van der Waals surface area contributed by atoms with Crippen molar-refractivity contribution >= 4 is 55.3 Å². The normalized spacial score (nSPS) is 12.6. The van der Waals surface area contributed by atoms with Crippen molar-refractivity contribution < 1.29 is 42.1 Å². The molecule has 41 heavy (non-hydrogen) atoms. The summed E-state index contributed by atoms with van der Waals surface area (Å²) in [6.07, 6.45) is -6.71. The van der Waals surface area contributed by atoms with Crippen LogP contribution in [0.1, 0.15) is 17.4 Å². The number of alkyl halides is 3. The van der Waals surface area contributed by atoms with Crippen LogP contribution in [0.3, 0.4) is 0 Å². The zero-order valence-electron chi connectivity index (χ0n) is 20.9. The molecule has 0 saturated heterocycles. The Balaban J connectivity index is 1.84. The lowest BCUT2D eigenvalue weighted by molar-refractivity contribution is -0.188. The third-order valence-electron chi connectivity index (χ3n) is 5.43. The summed E-state index contributed by atoms with van der Waals surface area (Å²) in [5.74, 6) is -3.23. The molecule has 1 amide bonds. The first-order valence-electron chi connectivity index (χ1n) is 11.2. The van der Waals surface area contributed by atoms with Crippen LogP contribution in [0.5, 0.6) is 23.0 Å². The second-order valence-corrected chi connectivity index (χ2v) is 10.3. The third-order valence-corrected chi connectivity index (χ3v) is 6.80. The number of phenolic OH excluding ortho intramolecular Hbond substituents is 1. The minimum absolute atomic E-state index is 0.104. The number of methoxy groups -OCH3 is 1. The molecule has 216 valence electrons. The number of amides is 1. The molecule has 16 heteroatoms. The Morgan fingerprint density at radius 3 is 2.34 bits per heavy atom. The first-order valence-corrected chi connectivity index (χ1v) is 13.2. The van der Waals surface area contributed by atoms with Crippen LogP contribution in [-0.2, 0) is 20.7 Å². The van der Waals surface area contributed by atoms with Crippen molar-refractivity contribution in [3.8, 4) is 29.1 Å². The standard InChI is InChI=1S/C25H18Br2ClF3N4O6/c1-35(24(38)25(29,30)31)17(23(37)39-2)9-12-7-14(26)22(15(27)8-12)40-13-3-5-18(36)19(10-13)41-20(11-32)16-4-6-21(28)34-33-16/h3-8,10,17,20,36H,9H2,1-2H3/t17-,20?/m0/s1. The lowest BCUT2D eigenvalue weighted by atomic mass is 10.0. The molecule has 0 saturated carbocycles. The van der Waals surface area contributed by atoms with Crippen LogP contribution < -0.4 is 9.47 Å². The molecule has 0 bridgehead atoms. The van der Waals surface area contributed by atoms with Crippen LogP contribution in [0.2, 0.25) is 5.15 Å². The zero-order valence-corrected chi connectivity index (χ0v) is 24.9. The summed E-state index contributed by atoms with van der Waals surface area (Å²) in [6, 6.07) is 10.2. The van der Waals surface area contributed by atoms with Crippen molar-refractivity contribution in [3.63, 3.8) is 0 Å². The minimum atomic E-state index is -5.18. The maximum absolute atomic E-state index is 13.0. The van der Waals surface area contributed by atoms with Crippen LogP contribution >= 0.6 is 43.5 Å². The number of nitriles is 1. The molecule has 1 N–H and O–H groups in total. The average Bonchev–Trinajstić information content (AvgIpc) is 2.92. The monoisotopic (exact) mass is 720 g/mol. The number of esters is 1. The quantitative estimate of drug-likeness (QED) is 0.268. The largest absolute Gasteiger partial charge is 0.504 e. The van der Waals surface area contributed by atoms with Gasteiger partial charge in [0.15, 0.2) is 22.4 Å². The van der Waals surface area contributed by atoms with E-state index in [9.17, 15) is 33.1 Å². The predicted octanol–water partition coefficient (Wildman–Crippen LogP) is 5.90. The number of ether oxygens (including phenoxy) is 3. The molecular formula is C25H18Br2ClF3N4O6. The summed E-state index contributed by atoms with van der Waals surface area (Å²) in [5.41, 5.74) is 0.514. The molecule has 0 spiro atoms. The molecule has 0 radical (unpaired) electrons. The average molecular weight is 723 g/mol. The van der Waals surface area contributed by atoms with Crippen molar-refractivity contribution in [2.24, 2.45) is 0 Å². The molecule has 3 aromatic rings. The maximum Gasteiger partial charge on any atom is 0.471 e. The Morgan fingerprint density at radius 1 is 1.15 bits per heavy atom. The molecule has 2 aromatic carbocycles. The molecule has 3 rings (SSSR count). The van der Waals surface area contributed by atoms with Gasteiger partial charge in [-0.15, -0.1) is 10.2 Å². The Kier molecular flexibility index (Phi) is 10.4. The van der Waals surface area contributed by atoms with Gasteiger partial charge >= 0.3 is 18.1 Å². The summed E-state index contributed by atoms with van der Waals surface area (Å²) < 4.78 is 55.7. The summed E-state index contributed by atoms with van der Waals surface area (Å²) in [5, 5.41) is 27.4. The number of benzene rings is 2. The van der Waals surface area contributed by atoms with E-state index in [0.717, 1.165) is 14.2 Å². The number of rotatable bonds is 9. The fourth-order valence-electron chi connectivity index (χ4n) is 3.42. The van der Waals surface area contributed by atoms with E-state index >= 15 is 0 Å². The van der Waals surface area contributed by atoms with Gasteiger partial charge < -0.3 is 24.2 Å². The number of nitrogens with zero attached hydrogens (tertiary/aromatic N) is 4. The highest BCUT2D eigenvalue weighted by Crippen LogP contribution is 2.41. The van der Waals surface area contributed by atoms with E-state index in [2.05, 4.69) is 46.8 Å². The molecule has 1 heterocycles. The molecular weight excluding hydrogens is 705 g/mol. The molecule has 0 aliphatic rings. The van der Waals surface area contributed by atoms with E-state index in [1.54, 1.807) is 0 Å². The van der Waals surface area contributed by atoms with Crippen LogP contribution in [0.25, 0.3) is 0 Å². The second-order valence-electron chi connectivity index (χ2n) is 8.18. The summed E-state index contributed by atoms with van der Waals surface area (Å²) in [6.45, 7) is 0. The highest BCUT2D eigenvalue weighted by atomic mass is 79.9. The first kappa shape index (κ1) is 31.9. The smallest absolute Gasteiger partial charge is 0.471 e. The minimum Gasteiger partial charge on any atom is -0.504 e. The number of phenols is 1. The lowest BCUT2D eigenvalue weighted by Crippen LogP contribution is -2.49. The van der Waals surface area contributed by atoms with Gasteiger partial charge in [-0.2, -0.15) is 18.4 Å². The second kappa shape index (κ2) is 13.4. The third kappa shape index (κ3) is 7.99. The molecule has 2 atom stereocenters. The summed E-state index contributed by atoms with van der Waals surface area (Å²) in [7, 11) is 1.86. The zero-order chi connectivity index (χ0) is 30.5. The first-order chi connectivity index (χ1) is 19.2. The molecule has 10 nitrogen and oxygen atoms in total. The van der Waals surface area contributed by atoms with E-state index in [1.165, 1.54) is 42.5 Å². The topological polar surface area (TPSA) is 135 Å². The van der Waals surface area contributed by atoms with Gasteiger partial charge in [-0.25, -0.2) is 4.79 Å². The van der Waals surface area contributed by atoms with Gasteiger partial charge in [-0.1, -0.05) is 11.6 Å². The number of hydrogen-bond donors (Lipinski definition) is 1. The van der Waals surface area contributed by atoms with E-state index in [1.807, 2.05) is 6.07 Å². The van der Waals surface area contributed by atoms with Crippen molar-refractivity contribution in [3.05, 3.63) is 67.8 Å². The van der Waals surface area contributed by atoms with Crippen LogP contribution in [0.15, 0.2) is 51.4 Å². The van der Waals surface area contributed by atoms with Gasteiger partial charge in [0.1, 0.15) is 23.6 Å². The molecule has 0 aliphatic heterocycles. The van der Waals surface area contributed by atoms with Gasteiger partial charge in [0.2, 0.25) is 6.10 Å². The van der Waals surface area contributed by atoms with Crippen LogP contribution in [0.4, 0.5) is 13.2 Å². The van der Waals surface area contributed by atoms with Crippen LogP contribution in [-0.4, -0.2) is 58.5 Å². The SMILES string of the molecule is COC(=O)[C@H](Cc1cc(Br)c(Oc2ccc(O)c(OC(C#N)c3ccc(Cl)nn3)c2)c(Br)c1)N(C)C(=O)C(F)(F)F. The van der Waals surface area contributed by atoms with Gasteiger partial charge in [-0.3, -0.25) is 4.79 Å². The Morgan fingerprint density at radius 2 is 1.80 bits per heavy atom. The number of carbonyl (C=O) groups is 2. The van der Waals surface area contributed by atoms with Gasteiger partial charge in [0.25, 0.3) is 0 Å². The van der Waals surface area contributed by atoms with Gasteiger partial charge in [-0.05, 0) is 73.8 Å². The number of aromatic nitrogens is 2. The van der Waals surface area contributed by atoms with E-state index in [0.29, 0.717) is 14.5 Å². The fraction of sp³-hybridized carbons (Fsp3) is 0.240. The Hall–Kier alpha value is -3.61. The molecule has 1 aromatic heterocycles. The summed E-state index contributed by atoms with van der Waals surface area (Å²) in [4.78, 5) is 24.2. The van der Waals surface area contributed by atoms with Crippen molar-refractivity contribution in [1.29, 1.82) is 5.26 Å². The highest BCUT2D eigenvalue weighted by molar-refractivity contribution is 9.11. The molecule has 0 aliphatic carbocycles. The van der Waals surface area contributed by atoms with Crippen molar-refractivity contribution in [2.45, 2.75) is 24.7 Å². The molecule has 1 unspecified atom stereocenters. The number of hydrogen-bond acceptors (Lipinski definition) is 9. The number of carbonyl (C=O) groups excluding carboxylic acids is 2. The van der Waals surface area contributed by atoms with E-state index < -0.39 is 30.2 Å². The fourth-order valence-corrected chi connectivity index (χ4v) is 4.97.